The number of aromatic nitrogens is 1. The zero-order valence-electron chi connectivity index (χ0n) is 17.0. The maximum absolute atomic E-state index is 13.1. The first-order valence-corrected chi connectivity index (χ1v) is 11.4. The van der Waals surface area contributed by atoms with Crippen molar-refractivity contribution in [2.24, 2.45) is 7.05 Å². The zero-order valence-corrected chi connectivity index (χ0v) is 17.8. The molecular weight excluding hydrogens is 384 g/mol. The van der Waals surface area contributed by atoms with E-state index >= 15 is 0 Å². The molecule has 1 aromatic heterocycles. The Morgan fingerprint density at radius 1 is 1.07 bits per heavy atom. The molecular formula is C22H28N4O2S. The largest absolute Gasteiger partial charge is 0.353 e. The maximum atomic E-state index is 13.1. The predicted octanol–water partition coefficient (Wildman–Crippen LogP) is 3.93. The second kappa shape index (κ2) is 8.53. The van der Waals surface area contributed by atoms with Gasteiger partial charge in [-0.25, -0.2) is 4.79 Å². The number of urea groups is 1. The number of carbonyl (C=O) groups is 2. The molecule has 6 nitrogen and oxygen atoms in total. The molecule has 2 fully saturated rings. The number of rotatable bonds is 8. The number of thioether (sulfide) groups is 1. The van der Waals surface area contributed by atoms with Crippen LogP contribution in [-0.4, -0.2) is 51.2 Å². The summed E-state index contributed by atoms with van der Waals surface area (Å²) < 4.78 is 2.05. The smallest absolute Gasteiger partial charge is 0.322 e. The molecule has 7 heteroatoms. The SMILES string of the molecule is CSc1ccc(NC(=O)N(CC(=O)N(Cc2cccn2C)C2CC2)C2CC2)cc1. The molecule has 0 radical (unpaired) electrons. The van der Waals surface area contributed by atoms with Gasteiger partial charge >= 0.3 is 6.03 Å². The molecule has 0 aliphatic heterocycles. The number of hydrogen-bond acceptors (Lipinski definition) is 3. The van der Waals surface area contributed by atoms with Crippen LogP contribution in [0.4, 0.5) is 10.5 Å². The molecule has 0 unspecified atom stereocenters. The summed E-state index contributed by atoms with van der Waals surface area (Å²) in [5.41, 5.74) is 1.87. The van der Waals surface area contributed by atoms with Crippen LogP contribution in [-0.2, 0) is 18.4 Å². The molecule has 4 rings (SSSR count). The van der Waals surface area contributed by atoms with E-state index in [9.17, 15) is 9.59 Å². The third kappa shape index (κ3) is 4.96. The minimum absolute atomic E-state index is 0.0356. The van der Waals surface area contributed by atoms with Gasteiger partial charge in [0.1, 0.15) is 6.54 Å². The Balaban J connectivity index is 1.41. The van der Waals surface area contributed by atoms with Gasteiger partial charge in [0.25, 0.3) is 0 Å². The van der Waals surface area contributed by atoms with Gasteiger partial charge in [-0.05, 0) is 68.3 Å². The normalized spacial score (nSPS) is 15.8. The lowest BCUT2D eigenvalue weighted by Crippen LogP contribution is -2.46. The van der Waals surface area contributed by atoms with Crippen LogP contribution in [0.2, 0.25) is 0 Å². The fourth-order valence-corrected chi connectivity index (χ4v) is 3.91. The van der Waals surface area contributed by atoms with Crippen molar-refractivity contribution in [3.63, 3.8) is 0 Å². The minimum atomic E-state index is -0.188. The molecule has 0 saturated heterocycles. The van der Waals surface area contributed by atoms with Crippen LogP contribution in [0.15, 0.2) is 47.5 Å². The highest BCUT2D eigenvalue weighted by Gasteiger charge is 2.38. The van der Waals surface area contributed by atoms with Crippen molar-refractivity contribution in [1.82, 2.24) is 14.4 Å². The van der Waals surface area contributed by atoms with E-state index in [1.54, 1.807) is 16.7 Å². The Morgan fingerprint density at radius 2 is 1.72 bits per heavy atom. The first kappa shape index (κ1) is 19.9. The van der Waals surface area contributed by atoms with Gasteiger partial charge in [0.05, 0.1) is 6.54 Å². The lowest BCUT2D eigenvalue weighted by molar-refractivity contribution is -0.133. The van der Waals surface area contributed by atoms with Gasteiger partial charge in [-0.1, -0.05) is 0 Å². The van der Waals surface area contributed by atoms with Crippen molar-refractivity contribution in [3.8, 4) is 0 Å². The number of hydrogen-bond donors (Lipinski definition) is 1. The summed E-state index contributed by atoms with van der Waals surface area (Å²) in [4.78, 5) is 30.8. The highest BCUT2D eigenvalue weighted by molar-refractivity contribution is 7.98. The second-order valence-corrected chi connectivity index (χ2v) is 8.76. The van der Waals surface area contributed by atoms with Gasteiger partial charge in [0.15, 0.2) is 0 Å². The molecule has 29 heavy (non-hydrogen) atoms. The number of benzene rings is 1. The maximum Gasteiger partial charge on any atom is 0.322 e. The van der Waals surface area contributed by atoms with Crippen molar-refractivity contribution >= 4 is 29.4 Å². The van der Waals surface area contributed by atoms with Crippen LogP contribution in [0.25, 0.3) is 0 Å². The van der Waals surface area contributed by atoms with E-state index in [0.717, 1.165) is 42.0 Å². The van der Waals surface area contributed by atoms with Crippen LogP contribution in [0.3, 0.4) is 0 Å². The average molecular weight is 413 g/mol. The second-order valence-electron chi connectivity index (χ2n) is 7.88. The van der Waals surface area contributed by atoms with Gasteiger partial charge in [0.2, 0.25) is 5.91 Å². The zero-order chi connectivity index (χ0) is 20.4. The van der Waals surface area contributed by atoms with Gasteiger partial charge in [-0.3, -0.25) is 4.79 Å². The molecule has 2 aliphatic carbocycles. The molecule has 1 aromatic carbocycles. The predicted molar refractivity (Wildman–Crippen MR) is 116 cm³/mol. The topological polar surface area (TPSA) is 57.6 Å². The minimum Gasteiger partial charge on any atom is -0.353 e. The summed E-state index contributed by atoms with van der Waals surface area (Å²) in [7, 11) is 2.00. The van der Waals surface area contributed by atoms with Crippen LogP contribution in [0, 0.1) is 0 Å². The van der Waals surface area contributed by atoms with Gasteiger partial charge in [-0.15, -0.1) is 11.8 Å². The molecule has 0 bridgehead atoms. The summed E-state index contributed by atoms with van der Waals surface area (Å²) in [5.74, 6) is 0.0356. The van der Waals surface area contributed by atoms with E-state index in [-0.39, 0.29) is 24.5 Å². The Labute approximate surface area is 176 Å². The summed E-state index contributed by atoms with van der Waals surface area (Å²) in [6, 6.07) is 12.1. The lowest BCUT2D eigenvalue weighted by atomic mass is 10.3. The standard InChI is InChI=1S/C22H28N4O2S/c1-24-13-3-4-19(24)14-25(17-7-8-17)21(27)15-26(18-9-10-18)22(28)23-16-5-11-20(29-2)12-6-16/h3-6,11-13,17-18H,7-10,14-15H2,1-2H3,(H,23,28). The van der Waals surface area contributed by atoms with Gasteiger partial charge in [-0.2, -0.15) is 0 Å². The Hall–Kier alpha value is -2.41. The Morgan fingerprint density at radius 3 is 2.28 bits per heavy atom. The van der Waals surface area contributed by atoms with E-state index < -0.39 is 0 Å². The van der Waals surface area contributed by atoms with Crippen molar-refractivity contribution in [1.29, 1.82) is 0 Å². The van der Waals surface area contributed by atoms with Crippen LogP contribution in [0.5, 0.6) is 0 Å². The van der Waals surface area contributed by atoms with E-state index in [0.29, 0.717) is 12.6 Å². The van der Waals surface area contributed by atoms with Crippen LogP contribution in [0.1, 0.15) is 31.4 Å². The number of anilines is 1. The van der Waals surface area contributed by atoms with E-state index in [4.69, 9.17) is 0 Å². The molecule has 3 amide bonds. The van der Waals surface area contributed by atoms with Crippen LogP contribution >= 0.6 is 11.8 Å². The Kier molecular flexibility index (Phi) is 5.85. The van der Waals surface area contributed by atoms with E-state index in [1.165, 1.54) is 0 Å². The van der Waals surface area contributed by atoms with E-state index in [2.05, 4.69) is 5.32 Å². The first-order chi connectivity index (χ1) is 14.0. The molecule has 1 N–H and O–H groups in total. The van der Waals surface area contributed by atoms with Gasteiger partial charge < -0.3 is 19.7 Å². The molecule has 0 spiro atoms. The summed E-state index contributed by atoms with van der Waals surface area (Å²) in [6.07, 6.45) is 8.05. The third-order valence-corrected chi connectivity index (χ3v) is 6.33. The monoisotopic (exact) mass is 412 g/mol. The molecule has 2 saturated carbocycles. The number of amides is 3. The van der Waals surface area contributed by atoms with E-state index in [1.807, 2.05) is 65.4 Å². The third-order valence-electron chi connectivity index (χ3n) is 5.59. The van der Waals surface area contributed by atoms with Crippen molar-refractivity contribution < 1.29 is 9.59 Å². The molecule has 0 atom stereocenters. The van der Waals surface area contributed by atoms with Crippen molar-refractivity contribution in [2.75, 3.05) is 18.1 Å². The summed E-state index contributed by atoms with van der Waals surface area (Å²) in [5, 5.41) is 2.96. The number of carbonyl (C=O) groups excluding carboxylic acids is 2. The quantitative estimate of drug-likeness (QED) is 0.668. The van der Waals surface area contributed by atoms with Gasteiger partial charge in [0, 0.05) is 41.6 Å². The van der Waals surface area contributed by atoms with Crippen molar-refractivity contribution in [2.45, 2.75) is 49.2 Å². The average Bonchev–Trinajstić information content (AvgIpc) is 3.64. The van der Waals surface area contributed by atoms with Crippen molar-refractivity contribution in [3.05, 3.63) is 48.3 Å². The fraction of sp³-hybridized carbons (Fsp3) is 0.455. The number of nitrogens with zero attached hydrogens (tertiary/aromatic N) is 3. The molecule has 2 aliphatic rings. The van der Waals surface area contributed by atoms with Crippen LogP contribution < -0.4 is 5.32 Å². The first-order valence-electron chi connectivity index (χ1n) is 10.2. The number of nitrogens with one attached hydrogen (secondary N) is 1. The Bertz CT molecular complexity index is 871. The molecule has 1 heterocycles. The molecule has 2 aromatic rings. The lowest BCUT2D eigenvalue weighted by Gasteiger charge is -2.28. The number of aryl methyl sites for hydroxylation is 1. The highest BCUT2D eigenvalue weighted by Crippen LogP contribution is 2.31. The summed E-state index contributed by atoms with van der Waals surface area (Å²) >= 11 is 1.67. The highest BCUT2D eigenvalue weighted by atomic mass is 32.2. The fourth-order valence-electron chi connectivity index (χ4n) is 3.50. The summed E-state index contributed by atoms with van der Waals surface area (Å²) in [6.45, 7) is 0.740. The molecule has 154 valence electrons.